The first-order valence-electron chi connectivity index (χ1n) is 8.29. The SMILES string of the molecule is COc1ccc(/C=C/C(=O)N2CCC[C@H](Oc3ncccn3)C2)cc1. The lowest BCUT2D eigenvalue weighted by Gasteiger charge is -2.31. The highest BCUT2D eigenvalue weighted by Gasteiger charge is 2.24. The number of rotatable bonds is 5. The van der Waals surface area contributed by atoms with E-state index in [0.29, 0.717) is 12.6 Å². The van der Waals surface area contributed by atoms with Gasteiger partial charge in [-0.2, -0.15) is 0 Å². The number of hydrogen-bond acceptors (Lipinski definition) is 5. The maximum absolute atomic E-state index is 12.4. The zero-order valence-electron chi connectivity index (χ0n) is 14.2. The normalized spacial score (nSPS) is 17.5. The third kappa shape index (κ3) is 4.79. The van der Waals surface area contributed by atoms with Crippen molar-refractivity contribution in [2.45, 2.75) is 18.9 Å². The number of piperidine rings is 1. The van der Waals surface area contributed by atoms with Crippen molar-refractivity contribution >= 4 is 12.0 Å². The average molecular weight is 339 g/mol. The van der Waals surface area contributed by atoms with Crippen LogP contribution in [0.5, 0.6) is 11.8 Å². The van der Waals surface area contributed by atoms with Gasteiger partial charge in [-0.3, -0.25) is 4.79 Å². The highest BCUT2D eigenvalue weighted by molar-refractivity contribution is 5.91. The van der Waals surface area contributed by atoms with Gasteiger partial charge < -0.3 is 14.4 Å². The predicted octanol–water partition coefficient (Wildman–Crippen LogP) is 2.57. The molecule has 130 valence electrons. The Morgan fingerprint density at radius 3 is 2.72 bits per heavy atom. The standard InChI is InChI=1S/C19H21N3O3/c1-24-16-8-5-15(6-9-16)7-10-18(23)22-13-2-4-17(14-22)25-19-20-11-3-12-21-19/h3,5-12,17H,2,4,13-14H2,1H3/b10-7+/t17-/m0/s1. The van der Waals surface area contributed by atoms with E-state index in [0.717, 1.165) is 30.7 Å². The minimum atomic E-state index is -0.0745. The van der Waals surface area contributed by atoms with Crippen molar-refractivity contribution in [3.63, 3.8) is 0 Å². The zero-order chi connectivity index (χ0) is 17.5. The average Bonchev–Trinajstić information content (AvgIpc) is 2.67. The molecule has 0 bridgehead atoms. The van der Waals surface area contributed by atoms with Gasteiger partial charge in [-0.15, -0.1) is 0 Å². The van der Waals surface area contributed by atoms with Crippen LogP contribution in [-0.4, -0.2) is 47.1 Å². The van der Waals surface area contributed by atoms with Crippen LogP contribution in [0.2, 0.25) is 0 Å². The van der Waals surface area contributed by atoms with Crippen molar-refractivity contribution in [1.29, 1.82) is 0 Å². The summed E-state index contributed by atoms with van der Waals surface area (Å²) in [7, 11) is 1.63. The Labute approximate surface area is 147 Å². The highest BCUT2D eigenvalue weighted by Crippen LogP contribution is 2.16. The number of amides is 1. The molecule has 0 aliphatic carbocycles. The first kappa shape index (κ1) is 17.0. The number of ether oxygens (including phenoxy) is 2. The minimum Gasteiger partial charge on any atom is -0.497 e. The van der Waals surface area contributed by atoms with Gasteiger partial charge in [0.15, 0.2) is 0 Å². The Bertz CT molecular complexity index is 716. The molecule has 6 heteroatoms. The van der Waals surface area contributed by atoms with Crippen molar-refractivity contribution < 1.29 is 14.3 Å². The molecule has 0 spiro atoms. The molecule has 25 heavy (non-hydrogen) atoms. The van der Waals surface area contributed by atoms with Gasteiger partial charge >= 0.3 is 6.01 Å². The molecule has 0 radical (unpaired) electrons. The summed E-state index contributed by atoms with van der Waals surface area (Å²) in [6.45, 7) is 1.28. The number of hydrogen-bond donors (Lipinski definition) is 0. The molecule has 2 aromatic rings. The molecule has 1 amide bonds. The number of aromatic nitrogens is 2. The van der Waals surface area contributed by atoms with E-state index in [1.807, 2.05) is 30.3 Å². The highest BCUT2D eigenvalue weighted by atomic mass is 16.5. The third-order valence-corrected chi connectivity index (χ3v) is 4.04. The number of benzene rings is 1. The summed E-state index contributed by atoms with van der Waals surface area (Å²) in [6, 6.07) is 9.67. The van der Waals surface area contributed by atoms with Gasteiger partial charge in [0.1, 0.15) is 11.9 Å². The van der Waals surface area contributed by atoms with Gasteiger partial charge in [0.2, 0.25) is 5.91 Å². The lowest BCUT2D eigenvalue weighted by Crippen LogP contribution is -2.43. The van der Waals surface area contributed by atoms with E-state index < -0.39 is 0 Å². The molecule has 0 unspecified atom stereocenters. The second-order valence-corrected chi connectivity index (χ2v) is 5.80. The van der Waals surface area contributed by atoms with Crippen molar-refractivity contribution in [2.75, 3.05) is 20.2 Å². The molecule has 0 saturated carbocycles. The van der Waals surface area contributed by atoms with Crippen LogP contribution in [0.1, 0.15) is 18.4 Å². The summed E-state index contributed by atoms with van der Waals surface area (Å²) >= 11 is 0. The van der Waals surface area contributed by atoms with E-state index in [4.69, 9.17) is 9.47 Å². The van der Waals surface area contributed by atoms with E-state index in [1.54, 1.807) is 36.5 Å². The molecular weight excluding hydrogens is 318 g/mol. The van der Waals surface area contributed by atoms with Gasteiger partial charge in [0.25, 0.3) is 0 Å². The van der Waals surface area contributed by atoms with Gasteiger partial charge in [-0.25, -0.2) is 9.97 Å². The maximum atomic E-state index is 12.4. The topological polar surface area (TPSA) is 64.5 Å². The van der Waals surface area contributed by atoms with Crippen molar-refractivity contribution in [3.05, 3.63) is 54.4 Å². The first-order valence-corrected chi connectivity index (χ1v) is 8.29. The molecule has 2 heterocycles. The fraction of sp³-hybridized carbons (Fsp3) is 0.316. The summed E-state index contributed by atoms with van der Waals surface area (Å²) in [5, 5.41) is 0. The molecule has 3 rings (SSSR count). The van der Waals surface area contributed by atoms with E-state index >= 15 is 0 Å². The van der Waals surface area contributed by atoms with Crippen molar-refractivity contribution in [3.8, 4) is 11.8 Å². The summed E-state index contributed by atoms with van der Waals surface area (Å²) in [5.41, 5.74) is 0.955. The molecule has 1 aromatic carbocycles. The van der Waals surface area contributed by atoms with Crippen LogP contribution in [-0.2, 0) is 4.79 Å². The number of nitrogens with zero attached hydrogens (tertiary/aromatic N) is 3. The second-order valence-electron chi connectivity index (χ2n) is 5.80. The molecule has 6 nitrogen and oxygen atoms in total. The molecule has 1 atom stereocenters. The van der Waals surface area contributed by atoms with Crippen LogP contribution < -0.4 is 9.47 Å². The maximum Gasteiger partial charge on any atom is 0.316 e. The largest absolute Gasteiger partial charge is 0.497 e. The van der Waals surface area contributed by atoms with E-state index in [-0.39, 0.29) is 12.0 Å². The Morgan fingerprint density at radius 2 is 2.00 bits per heavy atom. The number of methoxy groups -OCH3 is 1. The summed E-state index contributed by atoms with van der Waals surface area (Å²) in [6.07, 6.45) is 8.42. The van der Waals surface area contributed by atoms with Gasteiger partial charge in [0, 0.05) is 25.0 Å². The zero-order valence-corrected chi connectivity index (χ0v) is 14.2. The van der Waals surface area contributed by atoms with Gasteiger partial charge in [-0.1, -0.05) is 12.1 Å². The van der Waals surface area contributed by atoms with Crippen LogP contribution in [0, 0.1) is 0 Å². The number of likely N-dealkylation sites (tertiary alicyclic amines) is 1. The quantitative estimate of drug-likeness (QED) is 0.784. The van der Waals surface area contributed by atoms with Gasteiger partial charge in [-0.05, 0) is 42.7 Å². The Kier molecular flexibility index (Phi) is 5.61. The summed E-state index contributed by atoms with van der Waals surface area (Å²) in [4.78, 5) is 22.4. The molecule has 1 aromatic heterocycles. The number of carbonyl (C=O) groups is 1. The molecule has 1 aliphatic rings. The van der Waals surface area contributed by atoms with Crippen LogP contribution in [0.3, 0.4) is 0 Å². The molecular formula is C19H21N3O3. The summed E-state index contributed by atoms with van der Waals surface area (Å²) < 4.78 is 10.9. The Balaban J connectivity index is 1.56. The monoisotopic (exact) mass is 339 g/mol. The first-order chi connectivity index (χ1) is 12.2. The molecule has 0 N–H and O–H groups in total. The number of carbonyl (C=O) groups excluding carboxylic acids is 1. The summed E-state index contributed by atoms with van der Waals surface area (Å²) in [5.74, 6) is 0.778. The Morgan fingerprint density at radius 1 is 1.24 bits per heavy atom. The fourth-order valence-corrected chi connectivity index (χ4v) is 2.72. The Hall–Kier alpha value is -2.89. The van der Waals surface area contributed by atoms with Crippen LogP contribution in [0.25, 0.3) is 6.08 Å². The van der Waals surface area contributed by atoms with Crippen molar-refractivity contribution in [1.82, 2.24) is 14.9 Å². The smallest absolute Gasteiger partial charge is 0.316 e. The third-order valence-electron chi connectivity index (χ3n) is 4.04. The van der Waals surface area contributed by atoms with E-state index in [9.17, 15) is 4.79 Å². The van der Waals surface area contributed by atoms with Gasteiger partial charge in [0.05, 0.1) is 13.7 Å². The minimum absolute atomic E-state index is 0.0156. The fourth-order valence-electron chi connectivity index (χ4n) is 2.72. The van der Waals surface area contributed by atoms with Crippen LogP contribution in [0.15, 0.2) is 48.8 Å². The van der Waals surface area contributed by atoms with Crippen LogP contribution >= 0.6 is 0 Å². The van der Waals surface area contributed by atoms with Crippen LogP contribution in [0.4, 0.5) is 0 Å². The predicted molar refractivity (Wildman–Crippen MR) is 94.3 cm³/mol. The lowest BCUT2D eigenvalue weighted by atomic mass is 10.1. The lowest BCUT2D eigenvalue weighted by molar-refractivity contribution is -0.128. The molecule has 1 fully saturated rings. The van der Waals surface area contributed by atoms with E-state index in [1.165, 1.54) is 0 Å². The molecule has 1 aliphatic heterocycles. The molecule has 1 saturated heterocycles. The van der Waals surface area contributed by atoms with Crippen molar-refractivity contribution in [2.24, 2.45) is 0 Å². The van der Waals surface area contributed by atoms with E-state index in [2.05, 4.69) is 9.97 Å². The second kappa shape index (κ2) is 8.28.